The van der Waals surface area contributed by atoms with E-state index in [4.69, 9.17) is 16.7 Å². The summed E-state index contributed by atoms with van der Waals surface area (Å²) in [6.45, 7) is 1.44. The molecule has 2 N–H and O–H groups in total. The van der Waals surface area contributed by atoms with Gasteiger partial charge in [0.1, 0.15) is 10.8 Å². The summed E-state index contributed by atoms with van der Waals surface area (Å²) in [7, 11) is 0. The average molecular weight is 293 g/mol. The van der Waals surface area contributed by atoms with Crippen LogP contribution in [0.25, 0.3) is 11.4 Å². The van der Waals surface area contributed by atoms with E-state index in [1.54, 1.807) is 24.5 Å². The molecular weight excluding hydrogens is 280 g/mol. The molecule has 0 bridgehead atoms. The molecule has 0 atom stereocenters. The molecule has 3 rings (SSSR count). The first-order chi connectivity index (χ1) is 9.69. The third-order valence-electron chi connectivity index (χ3n) is 3.31. The summed E-state index contributed by atoms with van der Waals surface area (Å²) in [5.74, 6) is 1.15. The first-order valence-corrected chi connectivity index (χ1v) is 6.63. The monoisotopic (exact) mass is 292 g/mol. The molecule has 3 heterocycles. The fraction of sp³-hybridized carbons (Fsp3) is 0.308. The lowest BCUT2D eigenvalue weighted by Crippen LogP contribution is -2.49. The number of H-pyrrole nitrogens is 1. The summed E-state index contributed by atoms with van der Waals surface area (Å²) in [6, 6.07) is 3.53. The van der Waals surface area contributed by atoms with Crippen molar-refractivity contribution in [1.29, 1.82) is 0 Å². The number of aromatic amines is 1. The molecule has 1 saturated heterocycles. The van der Waals surface area contributed by atoms with Crippen molar-refractivity contribution in [3.05, 3.63) is 39.9 Å². The van der Waals surface area contributed by atoms with Crippen LogP contribution in [0, 0.1) is 5.92 Å². The average Bonchev–Trinajstić information content (AvgIpc) is 2.43. The van der Waals surface area contributed by atoms with Crippen molar-refractivity contribution in [2.75, 3.05) is 24.6 Å². The van der Waals surface area contributed by atoms with E-state index in [0.717, 1.165) is 5.56 Å². The first kappa shape index (κ1) is 13.1. The lowest BCUT2D eigenvalue weighted by molar-refractivity contribution is 0.200. The van der Waals surface area contributed by atoms with Crippen LogP contribution in [0.1, 0.15) is 0 Å². The molecule has 1 aliphatic heterocycles. The predicted octanol–water partition coefficient (Wildman–Crippen LogP) is 0.914. The van der Waals surface area contributed by atoms with Gasteiger partial charge in [-0.05, 0) is 12.1 Å². The molecule has 2 aromatic heterocycles. The molecule has 0 aromatic carbocycles. The molecule has 0 amide bonds. The van der Waals surface area contributed by atoms with Gasteiger partial charge < -0.3 is 15.0 Å². The Labute approximate surface area is 120 Å². The molecule has 104 valence electrons. The van der Waals surface area contributed by atoms with Gasteiger partial charge in [-0.1, -0.05) is 11.6 Å². The van der Waals surface area contributed by atoms with Crippen LogP contribution in [0.3, 0.4) is 0 Å². The molecule has 0 saturated carbocycles. The minimum atomic E-state index is -0.365. The van der Waals surface area contributed by atoms with Gasteiger partial charge in [0.2, 0.25) is 0 Å². The molecule has 0 unspecified atom stereocenters. The Bertz CT molecular complexity index is 668. The van der Waals surface area contributed by atoms with Crippen molar-refractivity contribution < 1.29 is 5.11 Å². The molecule has 0 spiro atoms. The number of pyridine rings is 1. The van der Waals surface area contributed by atoms with E-state index < -0.39 is 0 Å². The molecule has 0 radical (unpaired) electrons. The van der Waals surface area contributed by atoms with E-state index in [-0.39, 0.29) is 23.1 Å². The Hall–Kier alpha value is -1.92. The normalized spacial score (nSPS) is 15.2. The van der Waals surface area contributed by atoms with Crippen molar-refractivity contribution in [2.24, 2.45) is 5.92 Å². The first-order valence-electron chi connectivity index (χ1n) is 6.25. The van der Waals surface area contributed by atoms with Gasteiger partial charge in [0, 0.05) is 43.6 Å². The van der Waals surface area contributed by atoms with Gasteiger partial charge in [-0.15, -0.1) is 0 Å². The van der Waals surface area contributed by atoms with Crippen LogP contribution in [0.2, 0.25) is 5.02 Å². The third kappa shape index (κ3) is 2.28. The van der Waals surface area contributed by atoms with Crippen LogP contribution in [-0.4, -0.2) is 39.8 Å². The number of anilines is 1. The topological polar surface area (TPSA) is 82.1 Å². The van der Waals surface area contributed by atoms with Crippen LogP contribution in [0.15, 0.2) is 29.3 Å². The second-order valence-corrected chi connectivity index (χ2v) is 5.12. The number of aliphatic hydroxyl groups excluding tert-OH is 1. The Morgan fingerprint density at radius 3 is 2.75 bits per heavy atom. The van der Waals surface area contributed by atoms with Gasteiger partial charge >= 0.3 is 0 Å². The van der Waals surface area contributed by atoms with E-state index in [1.165, 1.54) is 0 Å². The van der Waals surface area contributed by atoms with Crippen molar-refractivity contribution in [2.45, 2.75) is 0 Å². The van der Waals surface area contributed by atoms with Gasteiger partial charge in [-0.25, -0.2) is 4.98 Å². The highest BCUT2D eigenvalue weighted by molar-refractivity contribution is 6.32. The van der Waals surface area contributed by atoms with Crippen LogP contribution >= 0.6 is 11.6 Å². The van der Waals surface area contributed by atoms with Crippen molar-refractivity contribution in [3.63, 3.8) is 0 Å². The largest absolute Gasteiger partial charge is 0.396 e. The third-order valence-corrected chi connectivity index (χ3v) is 3.65. The van der Waals surface area contributed by atoms with Crippen LogP contribution < -0.4 is 10.5 Å². The minimum absolute atomic E-state index is 0.0826. The highest BCUT2D eigenvalue weighted by atomic mass is 35.5. The summed E-state index contributed by atoms with van der Waals surface area (Å²) in [6.07, 6.45) is 3.27. The fourth-order valence-corrected chi connectivity index (χ4v) is 2.37. The van der Waals surface area contributed by atoms with E-state index >= 15 is 0 Å². The van der Waals surface area contributed by atoms with Crippen molar-refractivity contribution in [3.8, 4) is 11.4 Å². The van der Waals surface area contributed by atoms with E-state index in [0.29, 0.717) is 24.7 Å². The summed E-state index contributed by atoms with van der Waals surface area (Å²) in [4.78, 5) is 24.8. The molecule has 6 nitrogen and oxygen atoms in total. The number of rotatable bonds is 3. The van der Waals surface area contributed by atoms with E-state index in [9.17, 15) is 4.79 Å². The number of nitrogens with one attached hydrogen (secondary N) is 1. The SMILES string of the molecule is O=c1[nH]c(-c2ccncc2)nc(N2CC(CO)C2)c1Cl. The van der Waals surface area contributed by atoms with Gasteiger partial charge in [-0.2, -0.15) is 0 Å². The lowest BCUT2D eigenvalue weighted by atomic mass is 10.0. The highest BCUT2D eigenvalue weighted by Gasteiger charge is 2.29. The van der Waals surface area contributed by atoms with Crippen molar-refractivity contribution in [1.82, 2.24) is 15.0 Å². The quantitative estimate of drug-likeness (QED) is 0.879. The molecule has 1 fully saturated rings. The molecule has 7 heteroatoms. The van der Waals surface area contributed by atoms with Crippen LogP contribution in [0.5, 0.6) is 0 Å². The smallest absolute Gasteiger partial charge is 0.272 e. The molecule has 2 aromatic rings. The Kier molecular flexibility index (Phi) is 3.42. The Morgan fingerprint density at radius 1 is 1.40 bits per heavy atom. The summed E-state index contributed by atoms with van der Waals surface area (Å²) in [5, 5.41) is 9.13. The number of nitrogens with zero attached hydrogens (tertiary/aromatic N) is 3. The van der Waals surface area contributed by atoms with Gasteiger partial charge in [0.15, 0.2) is 5.82 Å². The number of hydrogen-bond donors (Lipinski definition) is 2. The highest BCUT2D eigenvalue weighted by Crippen LogP contribution is 2.28. The predicted molar refractivity (Wildman–Crippen MR) is 75.9 cm³/mol. The van der Waals surface area contributed by atoms with Gasteiger partial charge in [-0.3, -0.25) is 9.78 Å². The Morgan fingerprint density at radius 2 is 2.10 bits per heavy atom. The number of aliphatic hydroxyl groups is 1. The molecule has 1 aliphatic rings. The summed E-state index contributed by atoms with van der Waals surface area (Å²) < 4.78 is 0. The Balaban J connectivity index is 1.99. The van der Waals surface area contributed by atoms with Crippen molar-refractivity contribution >= 4 is 17.4 Å². The molecule has 0 aliphatic carbocycles. The van der Waals surface area contributed by atoms with Crippen LogP contribution in [-0.2, 0) is 0 Å². The zero-order valence-electron chi connectivity index (χ0n) is 10.6. The number of hydrogen-bond acceptors (Lipinski definition) is 5. The summed E-state index contributed by atoms with van der Waals surface area (Å²) >= 11 is 6.03. The second kappa shape index (κ2) is 5.22. The number of halogens is 1. The number of aromatic nitrogens is 3. The van der Waals surface area contributed by atoms with Gasteiger partial charge in [0.05, 0.1) is 0 Å². The maximum atomic E-state index is 11.9. The molecule has 20 heavy (non-hydrogen) atoms. The fourth-order valence-electron chi connectivity index (χ4n) is 2.16. The maximum Gasteiger partial charge on any atom is 0.272 e. The zero-order valence-corrected chi connectivity index (χ0v) is 11.3. The maximum absolute atomic E-state index is 11.9. The summed E-state index contributed by atoms with van der Waals surface area (Å²) in [5.41, 5.74) is 0.408. The lowest BCUT2D eigenvalue weighted by Gasteiger charge is -2.39. The minimum Gasteiger partial charge on any atom is -0.396 e. The van der Waals surface area contributed by atoms with E-state index in [1.807, 2.05) is 4.90 Å². The second-order valence-electron chi connectivity index (χ2n) is 4.74. The van der Waals surface area contributed by atoms with Crippen LogP contribution in [0.4, 0.5) is 5.82 Å². The van der Waals surface area contributed by atoms with Gasteiger partial charge in [0.25, 0.3) is 5.56 Å². The zero-order chi connectivity index (χ0) is 14.1. The standard InChI is InChI=1S/C13H13ClN4O2/c14-10-12(18-5-8(6-18)7-19)16-11(17-13(10)20)9-1-3-15-4-2-9/h1-4,8,19H,5-7H2,(H,16,17,20). The van der Waals surface area contributed by atoms with E-state index in [2.05, 4.69) is 15.0 Å². The molecular formula is C13H13ClN4O2.